The first-order valence-electron chi connectivity index (χ1n) is 5.55. The highest BCUT2D eigenvalue weighted by atomic mass is 16.1. The van der Waals surface area contributed by atoms with Gasteiger partial charge in [-0.15, -0.1) is 0 Å². The molecule has 7 nitrogen and oxygen atoms in total. The minimum absolute atomic E-state index is 0.0706. The Bertz CT molecular complexity index is 510. The lowest BCUT2D eigenvalue weighted by molar-refractivity contribution is -0.116. The monoisotopic (exact) mass is 246 g/mol. The Morgan fingerprint density at radius 3 is 3.11 bits per heavy atom. The number of pyridine rings is 1. The van der Waals surface area contributed by atoms with Gasteiger partial charge in [0.25, 0.3) is 0 Å². The molecule has 1 amide bonds. The summed E-state index contributed by atoms with van der Waals surface area (Å²) in [6, 6.07) is 3.54. The molecular weight excluding hydrogens is 232 g/mol. The first-order valence-corrected chi connectivity index (χ1v) is 5.55. The maximum Gasteiger partial charge on any atom is 0.225 e. The molecule has 2 aromatic heterocycles. The number of aromatic nitrogens is 4. The van der Waals surface area contributed by atoms with Gasteiger partial charge in [0.2, 0.25) is 5.91 Å². The third kappa shape index (κ3) is 2.89. The molecule has 0 fully saturated rings. The summed E-state index contributed by atoms with van der Waals surface area (Å²) in [5.74, 6) is 0.478. The van der Waals surface area contributed by atoms with Crippen LogP contribution in [0.25, 0.3) is 5.82 Å². The molecule has 0 saturated carbocycles. The van der Waals surface area contributed by atoms with Crippen molar-refractivity contribution in [1.82, 2.24) is 25.1 Å². The van der Waals surface area contributed by atoms with Crippen LogP contribution in [0.4, 0.5) is 5.69 Å². The van der Waals surface area contributed by atoms with E-state index < -0.39 is 0 Å². The molecule has 0 aliphatic heterocycles. The topological polar surface area (TPSA) is 84.7 Å². The molecule has 18 heavy (non-hydrogen) atoms. The predicted molar refractivity (Wildman–Crippen MR) is 66.3 cm³/mol. The number of hydrogen-bond acceptors (Lipinski definition) is 5. The third-order valence-electron chi connectivity index (χ3n) is 2.30. The molecule has 0 radical (unpaired) electrons. The Hall–Kier alpha value is -2.28. The van der Waals surface area contributed by atoms with Crippen LogP contribution in [0.5, 0.6) is 0 Å². The van der Waals surface area contributed by atoms with E-state index in [9.17, 15) is 4.79 Å². The number of nitrogens with zero attached hydrogens (tertiary/aromatic N) is 4. The first-order chi connectivity index (χ1) is 8.81. The average Bonchev–Trinajstić information content (AvgIpc) is 2.91. The fourth-order valence-corrected chi connectivity index (χ4v) is 1.45. The van der Waals surface area contributed by atoms with Gasteiger partial charge in [0.1, 0.15) is 12.7 Å². The van der Waals surface area contributed by atoms with Crippen LogP contribution in [-0.2, 0) is 4.79 Å². The second-order valence-corrected chi connectivity index (χ2v) is 3.62. The lowest BCUT2D eigenvalue weighted by atomic mass is 10.3. The van der Waals surface area contributed by atoms with E-state index >= 15 is 0 Å². The van der Waals surface area contributed by atoms with Crippen LogP contribution in [-0.4, -0.2) is 39.2 Å². The van der Waals surface area contributed by atoms with Crippen molar-refractivity contribution < 1.29 is 4.79 Å². The van der Waals surface area contributed by atoms with Crippen molar-refractivity contribution >= 4 is 11.6 Å². The van der Waals surface area contributed by atoms with Crippen molar-refractivity contribution in [2.75, 3.05) is 18.9 Å². The highest BCUT2D eigenvalue weighted by Crippen LogP contribution is 2.15. The van der Waals surface area contributed by atoms with Crippen molar-refractivity contribution in [3.8, 4) is 5.82 Å². The highest BCUT2D eigenvalue weighted by molar-refractivity contribution is 5.92. The average molecular weight is 246 g/mol. The van der Waals surface area contributed by atoms with Crippen LogP contribution in [0.15, 0.2) is 31.0 Å². The van der Waals surface area contributed by atoms with Gasteiger partial charge in [0, 0.05) is 19.2 Å². The van der Waals surface area contributed by atoms with Crippen molar-refractivity contribution in [2.45, 2.75) is 6.42 Å². The second kappa shape index (κ2) is 5.87. The summed E-state index contributed by atoms with van der Waals surface area (Å²) in [4.78, 5) is 19.7. The lowest BCUT2D eigenvalue weighted by Crippen LogP contribution is -2.19. The van der Waals surface area contributed by atoms with Gasteiger partial charge in [0.15, 0.2) is 5.82 Å². The van der Waals surface area contributed by atoms with E-state index in [0.29, 0.717) is 24.5 Å². The number of rotatable bonds is 5. The van der Waals surface area contributed by atoms with Gasteiger partial charge in [-0.2, -0.15) is 5.10 Å². The lowest BCUT2D eigenvalue weighted by Gasteiger charge is -2.09. The molecular formula is C11H14N6O. The number of carbonyl (C=O) groups is 1. The summed E-state index contributed by atoms with van der Waals surface area (Å²) in [6.07, 6.45) is 5.00. The van der Waals surface area contributed by atoms with Crippen LogP contribution in [0.2, 0.25) is 0 Å². The number of amides is 1. The fourth-order valence-electron chi connectivity index (χ4n) is 1.45. The largest absolute Gasteiger partial charge is 0.323 e. The molecule has 0 unspecified atom stereocenters. The predicted octanol–water partition coefficient (Wildman–Crippen LogP) is 0.210. The molecule has 0 spiro atoms. The van der Waals surface area contributed by atoms with Crippen LogP contribution >= 0.6 is 0 Å². The fraction of sp³-hybridized carbons (Fsp3) is 0.273. The van der Waals surface area contributed by atoms with Crippen molar-refractivity contribution in [1.29, 1.82) is 0 Å². The molecule has 2 aromatic rings. The zero-order chi connectivity index (χ0) is 12.8. The van der Waals surface area contributed by atoms with Crippen LogP contribution < -0.4 is 10.6 Å². The number of anilines is 1. The molecule has 2 N–H and O–H groups in total. The van der Waals surface area contributed by atoms with E-state index in [-0.39, 0.29) is 5.91 Å². The normalized spacial score (nSPS) is 10.3. The molecule has 0 atom stereocenters. The van der Waals surface area contributed by atoms with Gasteiger partial charge >= 0.3 is 0 Å². The van der Waals surface area contributed by atoms with E-state index in [1.165, 1.54) is 17.3 Å². The standard InChI is InChI=1S/C11H14N6O/c1-12-6-4-10(18)16-9-3-2-5-14-11(9)17-8-13-7-15-17/h2-3,5,7-8,12H,4,6H2,1H3,(H,16,18). The SMILES string of the molecule is CNCCC(=O)Nc1cccnc1-n1cncn1. The number of hydrogen-bond donors (Lipinski definition) is 2. The zero-order valence-corrected chi connectivity index (χ0v) is 10.00. The molecule has 0 aromatic carbocycles. The minimum Gasteiger partial charge on any atom is -0.323 e. The van der Waals surface area contributed by atoms with Gasteiger partial charge in [-0.25, -0.2) is 14.6 Å². The van der Waals surface area contributed by atoms with Gasteiger partial charge in [-0.3, -0.25) is 4.79 Å². The highest BCUT2D eigenvalue weighted by Gasteiger charge is 2.09. The first kappa shape index (κ1) is 12.2. The summed E-state index contributed by atoms with van der Waals surface area (Å²) < 4.78 is 1.51. The van der Waals surface area contributed by atoms with Crippen molar-refractivity contribution in [3.63, 3.8) is 0 Å². The molecule has 0 aliphatic carbocycles. The van der Waals surface area contributed by atoms with Crippen LogP contribution in [0.3, 0.4) is 0 Å². The molecule has 2 heterocycles. The summed E-state index contributed by atoms with van der Waals surface area (Å²) >= 11 is 0. The molecule has 0 saturated heterocycles. The van der Waals surface area contributed by atoms with Gasteiger partial charge < -0.3 is 10.6 Å². The summed E-state index contributed by atoms with van der Waals surface area (Å²) in [7, 11) is 1.80. The van der Waals surface area contributed by atoms with Crippen molar-refractivity contribution in [2.24, 2.45) is 0 Å². The molecule has 0 aliphatic rings. The maximum absolute atomic E-state index is 11.7. The number of nitrogens with one attached hydrogen (secondary N) is 2. The minimum atomic E-state index is -0.0706. The number of carbonyl (C=O) groups excluding carboxylic acids is 1. The van der Waals surface area contributed by atoms with E-state index in [1.54, 1.807) is 25.4 Å². The summed E-state index contributed by atoms with van der Waals surface area (Å²) in [6.45, 7) is 0.630. The molecule has 7 heteroatoms. The second-order valence-electron chi connectivity index (χ2n) is 3.62. The molecule has 2 rings (SSSR count). The Labute approximate surface area is 104 Å². The van der Waals surface area contributed by atoms with Crippen LogP contribution in [0.1, 0.15) is 6.42 Å². The van der Waals surface area contributed by atoms with Gasteiger partial charge in [-0.05, 0) is 19.2 Å². The summed E-state index contributed by atoms with van der Waals surface area (Å²) in [5.41, 5.74) is 0.615. The Morgan fingerprint density at radius 1 is 1.50 bits per heavy atom. The molecule has 94 valence electrons. The van der Waals surface area contributed by atoms with Gasteiger partial charge in [0.05, 0.1) is 5.69 Å². The van der Waals surface area contributed by atoms with Gasteiger partial charge in [-0.1, -0.05) is 0 Å². The third-order valence-corrected chi connectivity index (χ3v) is 2.30. The Morgan fingerprint density at radius 2 is 2.39 bits per heavy atom. The van der Waals surface area contributed by atoms with E-state index in [0.717, 1.165) is 0 Å². The van der Waals surface area contributed by atoms with Crippen LogP contribution in [0, 0.1) is 0 Å². The summed E-state index contributed by atoms with van der Waals surface area (Å²) in [5, 5.41) is 9.72. The smallest absolute Gasteiger partial charge is 0.225 e. The Balaban J connectivity index is 2.16. The van der Waals surface area contributed by atoms with Crippen molar-refractivity contribution in [3.05, 3.63) is 31.0 Å². The van der Waals surface area contributed by atoms with E-state index in [2.05, 4.69) is 25.7 Å². The zero-order valence-electron chi connectivity index (χ0n) is 10.00. The Kier molecular flexibility index (Phi) is 3.98. The van der Waals surface area contributed by atoms with E-state index in [4.69, 9.17) is 0 Å². The molecule has 0 bridgehead atoms. The quantitative estimate of drug-likeness (QED) is 0.787. The van der Waals surface area contributed by atoms with E-state index in [1.807, 2.05) is 0 Å². The maximum atomic E-state index is 11.7.